The van der Waals surface area contributed by atoms with E-state index in [2.05, 4.69) is 10.4 Å². The van der Waals surface area contributed by atoms with Crippen molar-refractivity contribution in [3.8, 4) is 0 Å². The minimum absolute atomic E-state index is 0.209. The number of benzene rings is 1. The van der Waals surface area contributed by atoms with Gasteiger partial charge in [-0.25, -0.2) is 13.6 Å². The summed E-state index contributed by atoms with van der Waals surface area (Å²) in [7, 11) is -2.20. The van der Waals surface area contributed by atoms with Crippen molar-refractivity contribution in [1.29, 1.82) is 0 Å². The number of nitro groups is 1. The van der Waals surface area contributed by atoms with Gasteiger partial charge in [0.05, 0.1) is 16.0 Å². The van der Waals surface area contributed by atoms with Crippen molar-refractivity contribution in [3.63, 3.8) is 0 Å². The molecule has 2 rings (SSSR count). The summed E-state index contributed by atoms with van der Waals surface area (Å²) in [5.74, 6) is 0. The summed E-state index contributed by atoms with van der Waals surface area (Å²) < 4.78 is 24.2. The molecule has 118 valence electrons. The molecule has 0 unspecified atom stereocenters. The first-order valence-electron chi connectivity index (χ1n) is 6.22. The lowest BCUT2D eigenvalue weighted by Crippen LogP contribution is -2.13. The third-order valence-electron chi connectivity index (χ3n) is 3.30. The highest BCUT2D eigenvalue weighted by molar-refractivity contribution is 7.89. The molecule has 1 heterocycles. The van der Waals surface area contributed by atoms with E-state index in [4.69, 9.17) is 5.14 Å². The van der Waals surface area contributed by atoms with Crippen molar-refractivity contribution in [2.45, 2.75) is 18.4 Å². The van der Waals surface area contributed by atoms with Crippen LogP contribution in [0.2, 0.25) is 0 Å². The second kappa shape index (κ2) is 5.73. The van der Waals surface area contributed by atoms with E-state index in [1.165, 1.54) is 12.1 Å². The van der Waals surface area contributed by atoms with Crippen molar-refractivity contribution in [2.75, 3.05) is 5.32 Å². The first-order chi connectivity index (χ1) is 10.2. The molecule has 1 aromatic carbocycles. The van der Waals surface area contributed by atoms with Crippen molar-refractivity contribution in [1.82, 2.24) is 9.78 Å². The Labute approximate surface area is 126 Å². The van der Waals surface area contributed by atoms with Crippen LogP contribution in [-0.2, 0) is 23.6 Å². The molecule has 1 aromatic heterocycles. The third kappa shape index (κ3) is 3.23. The van der Waals surface area contributed by atoms with Crippen LogP contribution in [0.4, 0.5) is 11.4 Å². The van der Waals surface area contributed by atoms with Crippen LogP contribution in [0.5, 0.6) is 0 Å². The van der Waals surface area contributed by atoms with Crippen molar-refractivity contribution >= 4 is 21.4 Å². The molecule has 9 nitrogen and oxygen atoms in total. The van der Waals surface area contributed by atoms with E-state index in [-0.39, 0.29) is 16.3 Å². The quantitative estimate of drug-likeness (QED) is 0.619. The minimum atomic E-state index is -3.99. The van der Waals surface area contributed by atoms with Crippen LogP contribution in [0.25, 0.3) is 0 Å². The molecule has 0 saturated heterocycles. The van der Waals surface area contributed by atoms with Crippen LogP contribution in [-0.4, -0.2) is 23.1 Å². The number of primary sulfonamides is 1. The molecule has 0 radical (unpaired) electrons. The average molecular weight is 325 g/mol. The van der Waals surface area contributed by atoms with Crippen LogP contribution in [0, 0.1) is 17.0 Å². The molecule has 0 bridgehead atoms. The van der Waals surface area contributed by atoms with Crippen LogP contribution in [0.1, 0.15) is 11.3 Å². The molecular formula is C12H15N5O4S. The lowest BCUT2D eigenvalue weighted by atomic mass is 10.2. The number of rotatable bonds is 5. The number of hydrogen-bond acceptors (Lipinski definition) is 6. The summed E-state index contributed by atoms with van der Waals surface area (Å²) in [6, 6.07) is 3.48. The fourth-order valence-electron chi connectivity index (χ4n) is 1.90. The summed E-state index contributed by atoms with van der Waals surface area (Å²) in [4.78, 5) is 10.1. The van der Waals surface area contributed by atoms with Crippen molar-refractivity contribution in [2.24, 2.45) is 12.2 Å². The van der Waals surface area contributed by atoms with Crippen LogP contribution >= 0.6 is 0 Å². The van der Waals surface area contributed by atoms with Crippen LogP contribution in [0.3, 0.4) is 0 Å². The Morgan fingerprint density at radius 2 is 2.14 bits per heavy atom. The Bertz CT molecular complexity index is 828. The zero-order chi connectivity index (χ0) is 16.5. The summed E-state index contributed by atoms with van der Waals surface area (Å²) >= 11 is 0. The molecule has 22 heavy (non-hydrogen) atoms. The molecular weight excluding hydrogens is 310 g/mol. The van der Waals surface area contributed by atoms with Gasteiger partial charge in [-0.15, -0.1) is 0 Å². The topological polar surface area (TPSA) is 133 Å². The molecule has 0 amide bonds. The number of nitrogens with one attached hydrogen (secondary N) is 1. The molecule has 0 saturated carbocycles. The van der Waals surface area contributed by atoms with Gasteiger partial charge in [0.2, 0.25) is 10.0 Å². The highest BCUT2D eigenvalue weighted by atomic mass is 32.2. The molecule has 0 atom stereocenters. The van der Waals surface area contributed by atoms with Gasteiger partial charge in [0.15, 0.2) is 0 Å². The average Bonchev–Trinajstić information content (AvgIpc) is 2.75. The first-order valence-corrected chi connectivity index (χ1v) is 7.77. The second-order valence-corrected chi connectivity index (χ2v) is 6.27. The van der Waals surface area contributed by atoms with E-state index in [0.717, 1.165) is 17.3 Å². The van der Waals surface area contributed by atoms with Crippen LogP contribution < -0.4 is 10.5 Å². The number of aromatic nitrogens is 2. The molecule has 10 heteroatoms. The Hall–Kier alpha value is -2.46. The summed E-state index contributed by atoms with van der Waals surface area (Å²) in [5.41, 5.74) is 1.66. The molecule has 2 aromatic rings. The Morgan fingerprint density at radius 1 is 1.45 bits per heavy atom. The van der Waals surface area contributed by atoms with E-state index in [9.17, 15) is 18.5 Å². The van der Waals surface area contributed by atoms with E-state index in [0.29, 0.717) is 6.54 Å². The van der Waals surface area contributed by atoms with Gasteiger partial charge < -0.3 is 5.32 Å². The smallest absolute Gasteiger partial charge is 0.293 e. The van der Waals surface area contributed by atoms with E-state index >= 15 is 0 Å². The molecule has 0 aliphatic heterocycles. The van der Waals surface area contributed by atoms with E-state index in [1.54, 1.807) is 17.9 Å². The Kier molecular flexibility index (Phi) is 4.15. The minimum Gasteiger partial charge on any atom is -0.375 e. The SMILES string of the molecule is Cc1c(CNc2ccc(S(N)(=O)=O)cc2[N+](=O)[O-])cnn1C. The molecule has 0 aliphatic rings. The van der Waals surface area contributed by atoms with Gasteiger partial charge in [0, 0.05) is 30.9 Å². The Balaban J connectivity index is 2.31. The van der Waals surface area contributed by atoms with Gasteiger partial charge in [-0.1, -0.05) is 0 Å². The van der Waals surface area contributed by atoms with Gasteiger partial charge in [-0.05, 0) is 19.1 Å². The standard InChI is InChI=1S/C12H15N5O4S/c1-8-9(7-15-16(8)2)6-14-11-4-3-10(22(13,20)21)5-12(11)17(18)19/h3-5,7,14H,6H2,1-2H3,(H2,13,20,21). The summed E-state index contributed by atoms with van der Waals surface area (Å²) in [5, 5.41) is 23.1. The maximum atomic E-state index is 11.3. The second-order valence-electron chi connectivity index (χ2n) is 4.71. The van der Waals surface area contributed by atoms with Crippen LogP contribution in [0.15, 0.2) is 29.3 Å². The number of anilines is 1. The predicted octanol–water partition coefficient (Wildman–Crippen LogP) is 0.896. The van der Waals surface area contributed by atoms with Crippen molar-refractivity contribution < 1.29 is 13.3 Å². The monoisotopic (exact) mass is 325 g/mol. The highest BCUT2D eigenvalue weighted by Gasteiger charge is 2.19. The molecule has 0 spiro atoms. The number of nitrogens with zero attached hydrogens (tertiary/aromatic N) is 3. The fraction of sp³-hybridized carbons (Fsp3) is 0.250. The predicted molar refractivity (Wildman–Crippen MR) is 79.7 cm³/mol. The van der Waals surface area contributed by atoms with Gasteiger partial charge in [0.25, 0.3) is 5.69 Å². The molecule has 3 N–H and O–H groups in total. The number of hydrogen-bond donors (Lipinski definition) is 2. The van der Waals surface area contributed by atoms with Crippen molar-refractivity contribution in [3.05, 3.63) is 45.8 Å². The third-order valence-corrected chi connectivity index (χ3v) is 4.21. The zero-order valence-corrected chi connectivity index (χ0v) is 12.8. The van der Waals surface area contributed by atoms with Gasteiger partial charge in [-0.3, -0.25) is 14.8 Å². The first kappa shape index (κ1) is 15.9. The number of aryl methyl sites for hydroxylation is 1. The number of nitrogens with two attached hydrogens (primary N) is 1. The normalized spacial score (nSPS) is 11.4. The summed E-state index contributed by atoms with van der Waals surface area (Å²) in [6.45, 7) is 2.21. The Morgan fingerprint density at radius 3 is 2.64 bits per heavy atom. The maximum Gasteiger partial charge on any atom is 0.293 e. The number of sulfonamides is 1. The zero-order valence-electron chi connectivity index (χ0n) is 12.0. The maximum absolute atomic E-state index is 11.3. The van der Waals surface area contributed by atoms with Gasteiger partial charge in [0.1, 0.15) is 5.69 Å². The van der Waals surface area contributed by atoms with Gasteiger partial charge >= 0.3 is 0 Å². The largest absolute Gasteiger partial charge is 0.375 e. The molecule has 0 fully saturated rings. The number of nitro benzene ring substituents is 1. The summed E-state index contributed by atoms with van der Waals surface area (Å²) in [6.07, 6.45) is 1.66. The van der Waals surface area contributed by atoms with E-state index < -0.39 is 14.9 Å². The van der Waals surface area contributed by atoms with Gasteiger partial charge in [-0.2, -0.15) is 5.10 Å². The molecule has 0 aliphatic carbocycles. The highest BCUT2D eigenvalue weighted by Crippen LogP contribution is 2.27. The lowest BCUT2D eigenvalue weighted by molar-refractivity contribution is -0.384. The lowest BCUT2D eigenvalue weighted by Gasteiger charge is -2.08. The van der Waals surface area contributed by atoms with E-state index in [1.807, 2.05) is 6.92 Å². The fourth-order valence-corrected chi connectivity index (χ4v) is 2.43.